The van der Waals surface area contributed by atoms with E-state index >= 15 is 0 Å². The predicted molar refractivity (Wildman–Crippen MR) is 101 cm³/mol. The summed E-state index contributed by atoms with van der Waals surface area (Å²) in [4.78, 5) is 12.4. The van der Waals surface area contributed by atoms with Gasteiger partial charge < -0.3 is 10.1 Å². The summed E-state index contributed by atoms with van der Waals surface area (Å²) in [5.41, 5.74) is 0.504. The molecule has 0 saturated carbocycles. The number of nitrogens with zero attached hydrogens (tertiary/aromatic N) is 1. The Morgan fingerprint density at radius 1 is 1.19 bits per heavy atom. The van der Waals surface area contributed by atoms with Crippen molar-refractivity contribution in [2.45, 2.75) is 24.5 Å². The molecule has 6 nitrogen and oxygen atoms in total. The van der Waals surface area contributed by atoms with Gasteiger partial charge in [-0.05, 0) is 36.8 Å². The smallest absolute Gasteiger partial charge is 0.261 e. The Morgan fingerprint density at radius 3 is 2.54 bits per heavy atom. The second kappa shape index (κ2) is 8.53. The first-order valence-corrected chi connectivity index (χ1v) is 9.74. The Bertz CT molecular complexity index is 884. The molecule has 1 N–H and O–H groups in total. The molecule has 1 amide bonds. The van der Waals surface area contributed by atoms with E-state index in [0.29, 0.717) is 16.3 Å². The number of hydrogen-bond donors (Lipinski definition) is 1. The standard InChI is InChI=1S/C18H21ClN2O4S/c1-13(25-16-9-6-8-15(19)11-16)18(22)20-12-14-7-4-5-10-17(14)26(23,24)21(2)3/h4-11,13H,12H2,1-3H3,(H,20,22)/t13-/m1/s1. The second-order valence-corrected chi connectivity index (χ2v) is 8.39. The fraction of sp³-hybridized carbons (Fsp3) is 0.278. The normalized spacial score (nSPS) is 12.7. The lowest BCUT2D eigenvalue weighted by Gasteiger charge is -2.17. The number of hydrogen-bond acceptors (Lipinski definition) is 4. The molecule has 0 saturated heterocycles. The maximum atomic E-state index is 12.4. The first-order valence-electron chi connectivity index (χ1n) is 7.92. The third-order valence-corrected chi connectivity index (χ3v) is 5.81. The van der Waals surface area contributed by atoms with Gasteiger partial charge in [-0.25, -0.2) is 12.7 Å². The number of sulfonamides is 1. The first kappa shape index (κ1) is 20.2. The van der Waals surface area contributed by atoms with Crippen LogP contribution in [0, 0.1) is 0 Å². The van der Waals surface area contributed by atoms with Crippen molar-refractivity contribution in [3.05, 3.63) is 59.1 Å². The summed E-state index contributed by atoms with van der Waals surface area (Å²) < 4.78 is 31.5. The van der Waals surface area contributed by atoms with Crippen LogP contribution in [0.1, 0.15) is 12.5 Å². The van der Waals surface area contributed by atoms with Gasteiger partial charge in [0.05, 0.1) is 4.90 Å². The lowest BCUT2D eigenvalue weighted by atomic mass is 10.2. The fourth-order valence-corrected chi connectivity index (χ4v) is 3.52. The largest absolute Gasteiger partial charge is 0.481 e. The van der Waals surface area contributed by atoms with Crippen LogP contribution in [-0.4, -0.2) is 38.8 Å². The van der Waals surface area contributed by atoms with Gasteiger partial charge in [-0.3, -0.25) is 4.79 Å². The molecule has 1 atom stereocenters. The number of ether oxygens (including phenoxy) is 1. The maximum Gasteiger partial charge on any atom is 0.261 e. The minimum Gasteiger partial charge on any atom is -0.481 e. The van der Waals surface area contributed by atoms with Gasteiger partial charge in [0.2, 0.25) is 10.0 Å². The van der Waals surface area contributed by atoms with Gasteiger partial charge in [-0.1, -0.05) is 35.9 Å². The molecule has 0 aliphatic heterocycles. The third-order valence-electron chi connectivity index (χ3n) is 3.66. The minimum absolute atomic E-state index is 0.0747. The van der Waals surface area contributed by atoms with Crippen LogP contribution >= 0.6 is 11.6 Å². The van der Waals surface area contributed by atoms with Crippen molar-refractivity contribution in [1.82, 2.24) is 9.62 Å². The Kier molecular flexibility index (Phi) is 6.63. The highest BCUT2D eigenvalue weighted by molar-refractivity contribution is 7.89. The first-order chi connectivity index (χ1) is 12.2. The van der Waals surface area contributed by atoms with E-state index < -0.39 is 16.1 Å². The van der Waals surface area contributed by atoms with E-state index in [1.54, 1.807) is 49.4 Å². The molecule has 0 unspecified atom stereocenters. The molecule has 8 heteroatoms. The van der Waals surface area contributed by atoms with Crippen molar-refractivity contribution in [3.63, 3.8) is 0 Å². The van der Waals surface area contributed by atoms with Gasteiger partial charge in [0.25, 0.3) is 5.91 Å². The van der Waals surface area contributed by atoms with Crippen molar-refractivity contribution >= 4 is 27.5 Å². The van der Waals surface area contributed by atoms with Gasteiger partial charge in [-0.15, -0.1) is 0 Å². The van der Waals surface area contributed by atoms with Gasteiger partial charge >= 0.3 is 0 Å². The van der Waals surface area contributed by atoms with Crippen LogP contribution < -0.4 is 10.1 Å². The SMILES string of the molecule is C[C@@H](Oc1cccc(Cl)c1)C(=O)NCc1ccccc1S(=O)(=O)N(C)C. The van der Waals surface area contributed by atoms with Crippen LogP contribution in [0.2, 0.25) is 5.02 Å². The summed E-state index contributed by atoms with van der Waals surface area (Å²) in [7, 11) is -0.665. The highest BCUT2D eigenvalue weighted by atomic mass is 35.5. The molecule has 0 aromatic heterocycles. The summed E-state index contributed by atoms with van der Waals surface area (Å²) in [6.07, 6.45) is -0.758. The van der Waals surface area contributed by atoms with Gasteiger partial charge in [0.1, 0.15) is 5.75 Å². The topological polar surface area (TPSA) is 75.7 Å². The number of amides is 1. The quantitative estimate of drug-likeness (QED) is 0.780. The van der Waals surface area contributed by atoms with Crippen LogP contribution in [0.4, 0.5) is 0 Å². The minimum atomic E-state index is -3.59. The molecule has 2 aromatic rings. The molecular formula is C18H21ClN2O4S. The highest BCUT2D eigenvalue weighted by Crippen LogP contribution is 2.20. The van der Waals surface area contributed by atoms with E-state index in [9.17, 15) is 13.2 Å². The van der Waals surface area contributed by atoms with Crippen molar-refractivity contribution < 1.29 is 17.9 Å². The molecule has 0 bridgehead atoms. The molecule has 0 radical (unpaired) electrons. The van der Waals surface area contributed by atoms with Crippen LogP contribution in [0.25, 0.3) is 0 Å². The van der Waals surface area contributed by atoms with E-state index in [1.165, 1.54) is 20.2 Å². The van der Waals surface area contributed by atoms with E-state index in [4.69, 9.17) is 16.3 Å². The third kappa shape index (κ3) is 4.97. The summed E-state index contributed by atoms with van der Waals surface area (Å²) >= 11 is 5.89. The average molecular weight is 397 g/mol. The zero-order chi connectivity index (χ0) is 19.3. The fourth-order valence-electron chi connectivity index (χ4n) is 2.22. The van der Waals surface area contributed by atoms with Gasteiger partial charge in [-0.2, -0.15) is 0 Å². The number of rotatable bonds is 7. The summed E-state index contributed by atoms with van der Waals surface area (Å²) in [5.74, 6) is 0.123. The Labute approximate surface area is 158 Å². The molecule has 2 aromatic carbocycles. The summed E-state index contributed by atoms with van der Waals surface area (Å²) in [6.45, 7) is 1.68. The number of halogens is 1. The van der Waals surface area contributed by atoms with Crippen molar-refractivity contribution in [2.24, 2.45) is 0 Å². The Morgan fingerprint density at radius 2 is 1.88 bits per heavy atom. The van der Waals surface area contributed by atoms with E-state index in [2.05, 4.69) is 5.32 Å². The van der Waals surface area contributed by atoms with Crippen molar-refractivity contribution in [2.75, 3.05) is 14.1 Å². The number of nitrogens with one attached hydrogen (secondary N) is 1. The molecule has 26 heavy (non-hydrogen) atoms. The lowest BCUT2D eigenvalue weighted by molar-refractivity contribution is -0.127. The molecule has 2 rings (SSSR count). The monoisotopic (exact) mass is 396 g/mol. The number of carbonyl (C=O) groups is 1. The lowest BCUT2D eigenvalue weighted by Crippen LogP contribution is -2.36. The molecular weight excluding hydrogens is 376 g/mol. The van der Waals surface area contributed by atoms with E-state index in [0.717, 1.165) is 4.31 Å². The van der Waals surface area contributed by atoms with Gasteiger partial charge in [0.15, 0.2) is 6.10 Å². The molecule has 0 aliphatic carbocycles. The molecule has 140 valence electrons. The average Bonchev–Trinajstić information content (AvgIpc) is 2.59. The predicted octanol–water partition coefficient (Wildman–Crippen LogP) is 2.67. The van der Waals surface area contributed by atoms with Crippen molar-refractivity contribution in [3.8, 4) is 5.75 Å². The summed E-state index contributed by atoms with van der Waals surface area (Å²) in [6, 6.07) is 13.3. The maximum absolute atomic E-state index is 12.4. The van der Waals surface area contributed by atoms with Crippen LogP contribution in [0.3, 0.4) is 0 Å². The zero-order valence-corrected chi connectivity index (χ0v) is 16.3. The Hall–Kier alpha value is -2.09. The molecule has 0 spiro atoms. The molecule has 0 aliphatic rings. The van der Waals surface area contributed by atoms with Crippen LogP contribution in [-0.2, 0) is 21.4 Å². The van der Waals surface area contributed by atoms with E-state index in [1.807, 2.05) is 0 Å². The van der Waals surface area contributed by atoms with Gasteiger partial charge in [0, 0.05) is 25.7 Å². The van der Waals surface area contributed by atoms with Crippen LogP contribution in [0.5, 0.6) is 5.75 Å². The van der Waals surface area contributed by atoms with Crippen LogP contribution in [0.15, 0.2) is 53.4 Å². The number of carbonyl (C=O) groups excluding carboxylic acids is 1. The van der Waals surface area contributed by atoms with E-state index in [-0.39, 0.29) is 17.3 Å². The second-order valence-electron chi connectivity index (χ2n) is 5.83. The zero-order valence-electron chi connectivity index (χ0n) is 14.8. The molecule has 0 fully saturated rings. The molecule has 0 heterocycles. The van der Waals surface area contributed by atoms with Crippen molar-refractivity contribution in [1.29, 1.82) is 0 Å². The highest BCUT2D eigenvalue weighted by Gasteiger charge is 2.21. The Balaban J connectivity index is 2.06. The summed E-state index contributed by atoms with van der Waals surface area (Å²) in [5, 5.41) is 3.22. The number of benzene rings is 2.